The monoisotopic (exact) mass is 220 g/mol. The highest BCUT2D eigenvalue weighted by molar-refractivity contribution is 4.22. The number of aliphatic hydroxyl groups excluding tert-OH is 6. The fraction of sp³-hybridized carbons (Fsp3) is 0.750. The van der Waals surface area contributed by atoms with Crippen molar-refractivity contribution in [2.75, 3.05) is 42.7 Å². The van der Waals surface area contributed by atoms with Crippen LogP contribution in [-0.4, -0.2) is 73.3 Å². The molecule has 0 spiro atoms. The van der Waals surface area contributed by atoms with Crippen molar-refractivity contribution in [3.8, 4) is 0 Å². The van der Waals surface area contributed by atoms with E-state index in [2.05, 4.69) is 13.2 Å². The molecular formula is C8H28O6. The van der Waals surface area contributed by atoms with Gasteiger partial charge in [0.1, 0.15) is 0 Å². The average Bonchev–Trinajstić information content (AvgIpc) is 2.45. The van der Waals surface area contributed by atoms with Crippen molar-refractivity contribution in [2.24, 2.45) is 0 Å². The number of hydrogen-bond acceptors (Lipinski definition) is 6. The van der Waals surface area contributed by atoms with Gasteiger partial charge in [-0.15, -0.1) is 13.2 Å². The number of rotatable bonds is 0. The first-order valence-electron chi connectivity index (χ1n) is 3.18. The van der Waals surface area contributed by atoms with Crippen LogP contribution in [0, 0.1) is 0 Å². The maximum absolute atomic E-state index is 7.00. The van der Waals surface area contributed by atoms with Crippen LogP contribution in [0.5, 0.6) is 0 Å². The van der Waals surface area contributed by atoms with Gasteiger partial charge in [-0.2, -0.15) is 0 Å². The first-order valence-corrected chi connectivity index (χ1v) is 3.18. The predicted molar refractivity (Wildman–Crippen MR) is 60.1 cm³/mol. The molecule has 0 atom stereocenters. The quantitative estimate of drug-likeness (QED) is 0.275. The minimum atomic E-state index is 1.00. The first kappa shape index (κ1) is 49.9. The van der Waals surface area contributed by atoms with E-state index in [1.165, 1.54) is 0 Å². The van der Waals surface area contributed by atoms with Crippen LogP contribution >= 0.6 is 0 Å². The second-order valence-electron chi connectivity index (χ2n) is 0. The van der Waals surface area contributed by atoms with Gasteiger partial charge in [0.2, 0.25) is 0 Å². The molecule has 0 rings (SSSR count). The SMILES string of the molecule is C=C.CO.CO.CO.CO.CO.CO. The van der Waals surface area contributed by atoms with E-state index < -0.39 is 0 Å². The summed E-state index contributed by atoms with van der Waals surface area (Å²) in [7, 11) is 6.00. The largest absolute Gasteiger partial charge is 0.400 e. The molecule has 0 bridgehead atoms. The zero-order valence-electron chi connectivity index (χ0n) is 10.1. The van der Waals surface area contributed by atoms with E-state index >= 15 is 0 Å². The van der Waals surface area contributed by atoms with E-state index in [4.69, 9.17) is 30.6 Å². The summed E-state index contributed by atoms with van der Waals surface area (Å²) in [5.74, 6) is 0. The van der Waals surface area contributed by atoms with E-state index in [1.54, 1.807) is 0 Å². The zero-order valence-corrected chi connectivity index (χ0v) is 10.1. The molecule has 0 aliphatic heterocycles. The number of aliphatic hydroxyl groups is 6. The number of hydrogen-bond donors (Lipinski definition) is 6. The van der Waals surface area contributed by atoms with Crippen LogP contribution in [0.2, 0.25) is 0 Å². The first-order chi connectivity index (χ1) is 7.00. The second-order valence-corrected chi connectivity index (χ2v) is 0. The Kier molecular flexibility index (Phi) is 23600. The van der Waals surface area contributed by atoms with Gasteiger partial charge in [-0.25, -0.2) is 0 Å². The molecule has 0 aromatic rings. The molecule has 6 nitrogen and oxygen atoms in total. The van der Waals surface area contributed by atoms with Crippen LogP contribution in [0.15, 0.2) is 13.2 Å². The maximum atomic E-state index is 7.00. The summed E-state index contributed by atoms with van der Waals surface area (Å²) in [5.41, 5.74) is 0. The van der Waals surface area contributed by atoms with Crippen LogP contribution in [0.3, 0.4) is 0 Å². The van der Waals surface area contributed by atoms with Gasteiger partial charge in [-0.3, -0.25) is 0 Å². The van der Waals surface area contributed by atoms with Gasteiger partial charge in [-0.05, 0) is 0 Å². The smallest absolute Gasteiger partial charge is 0.0319 e. The van der Waals surface area contributed by atoms with Gasteiger partial charge in [-0.1, -0.05) is 0 Å². The predicted octanol–water partition coefficient (Wildman–Crippen LogP) is -1.55. The molecule has 0 heterocycles. The Balaban J connectivity index is -0.00000000817. The zero-order chi connectivity index (χ0) is 14.0. The molecule has 96 valence electrons. The van der Waals surface area contributed by atoms with Gasteiger partial charge in [0.05, 0.1) is 0 Å². The lowest BCUT2D eigenvalue weighted by Crippen LogP contribution is -1.25. The summed E-state index contributed by atoms with van der Waals surface area (Å²) in [4.78, 5) is 0. The highest BCUT2D eigenvalue weighted by Crippen LogP contribution is 0.862. The highest BCUT2D eigenvalue weighted by Gasteiger charge is 0.849. The molecule has 0 aliphatic carbocycles. The van der Waals surface area contributed by atoms with E-state index in [9.17, 15) is 0 Å². The Labute approximate surface area is 87.4 Å². The van der Waals surface area contributed by atoms with Gasteiger partial charge >= 0.3 is 0 Å². The Bertz CT molecular complexity index is 13.8. The van der Waals surface area contributed by atoms with Gasteiger partial charge in [0, 0.05) is 42.7 Å². The van der Waals surface area contributed by atoms with Crippen LogP contribution in [0.25, 0.3) is 0 Å². The van der Waals surface area contributed by atoms with Crippen molar-refractivity contribution in [1.82, 2.24) is 0 Å². The molecule has 0 aromatic carbocycles. The molecule has 0 fully saturated rings. The third-order valence-corrected chi connectivity index (χ3v) is 0. The highest BCUT2D eigenvalue weighted by atomic mass is 16.2. The van der Waals surface area contributed by atoms with E-state index in [0.717, 1.165) is 42.7 Å². The summed E-state index contributed by atoms with van der Waals surface area (Å²) in [6.07, 6.45) is 0. The normalized spacial score (nSPS) is 2.86. The van der Waals surface area contributed by atoms with Gasteiger partial charge in [0.25, 0.3) is 0 Å². The van der Waals surface area contributed by atoms with Gasteiger partial charge < -0.3 is 30.6 Å². The van der Waals surface area contributed by atoms with Crippen molar-refractivity contribution in [1.29, 1.82) is 0 Å². The molecule has 0 unspecified atom stereocenters. The fourth-order valence-corrected chi connectivity index (χ4v) is 0. The third-order valence-electron chi connectivity index (χ3n) is 0. The molecule has 0 amide bonds. The van der Waals surface area contributed by atoms with Crippen LogP contribution in [0.4, 0.5) is 0 Å². The van der Waals surface area contributed by atoms with Crippen molar-refractivity contribution in [3.63, 3.8) is 0 Å². The molecular weight excluding hydrogens is 192 g/mol. The van der Waals surface area contributed by atoms with Crippen molar-refractivity contribution in [3.05, 3.63) is 13.2 Å². The summed E-state index contributed by atoms with van der Waals surface area (Å²) in [6, 6.07) is 0. The van der Waals surface area contributed by atoms with E-state index in [1.807, 2.05) is 0 Å². The molecule has 0 aromatic heterocycles. The van der Waals surface area contributed by atoms with E-state index in [-0.39, 0.29) is 0 Å². The minimum Gasteiger partial charge on any atom is -0.400 e. The summed E-state index contributed by atoms with van der Waals surface area (Å²) in [5, 5.41) is 42.0. The summed E-state index contributed by atoms with van der Waals surface area (Å²) in [6.45, 7) is 6.00. The van der Waals surface area contributed by atoms with Crippen LogP contribution in [-0.2, 0) is 0 Å². The van der Waals surface area contributed by atoms with Crippen molar-refractivity contribution < 1.29 is 30.6 Å². The molecule has 14 heavy (non-hydrogen) atoms. The van der Waals surface area contributed by atoms with Crippen LogP contribution < -0.4 is 0 Å². The molecule has 0 saturated carbocycles. The fourth-order valence-electron chi connectivity index (χ4n) is 0. The lowest BCUT2D eigenvalue weighted by molar-refractivity contribution is 0.399. The van der Waals surface area contributed by atoms with E-state index in [0.29, 0.717) is 0 Å². The summed E-state index contributed by atoms with van der Waals surface area (Å²) >= 11 is 0. The van der Waals surface area contributed by atoms with Crippen LogP contribution in [0.1, 0.15) is 0 Å². The van der Waals surface area contributed by atoms with Gasteiger partial charge in [0.15, 0.2) is 0 Å². The summed E-state index contributed by atoms with van der Waals surface area (Å²) < 4.78 is 0. The Morgan fingerprint density at radius 3 is 0.357 bits per heavy atom. The third kappa shape index (κ3) is 5070. The molecule has 0 radical (unpaired) electrons. The molecule has 6 N–H and O–H groups in total. The average molecular weight is 220 g/mol. The topological polar surface area (TPSA) is 121 Å². The van der Waals surface area contributed by atoms with Crippen molar-refractivity contribution in [2.45, 2.75) is 0 Å². The molecule has 0 saturated heterocycles. The Hall–Kier alpha value is -0.500. The minimum absolute atomic E-state index is 1.00. The maximum Gasteiger partial charge on any atom is 0.0319 e. The Morgan fingerprint density at radius 2 is 0.357 bits per heavy atom. The Morgan fingerprint density at radius 1 is 0.357 bits per heavy atom. The standard InChI is InChI=1S/C2H4.6CH4O/c7*1-2/h1-2H2;6*2H,1H3. The lowest BCUT2D eigenvalue weighted by Gasteiger charge is -1.21. The lowest BCUT2D eigenvalue weighted by atomic mass is 11.3. The van der Waals surface area contributed by atoms with Crippen molar-refractivity contribution >= 4 is 0 Å². The second kappa shape index (κ2) is 6610. The molecule has 0 aliphatic rings. The molecule has 6 heteroatoms.